The number of halogens is 1. The highest BCUT2D eigenvalue weighted by atomic mass is 19.1. The van der Waals surface area contributed by atoms with E-state index in [0.29, 0.717) is 25.3 Å². The predicted molar refractivity (Wildman–Crippen MR) is 100 cm³/mol. The smallest absolute Gasteiger partial charge is 0.272 e. The van der Waals surface area contributed by atoms with Gasteiger partial charge in [-0.05, 0) is 38.3 Å². The molecule has 0 aromatic carbocycles. The minimum Gasteiger partial charge on any atom is -0.338 e. The second-order valence-electron chi connectivity index (χ2n) is 7.36. The van der Waals surface area contributed by atoms with Crippen molar-refractivity contribution in [2.24, 2.45) is 0 Å². The van der Waals surface area contributed by atoms with Gasteiger partial charge in [0.2, 0.25) is 0 Å². The van der Waals surface area contributed by atoms with Crippen LogP contribution in [0.2, 0.25) is 0 Å². The number of hydrogen-bond acceptors (Lipinski definition) is 4. The van der Waals surface area contributed by atoms with E-state index in [9.17, 15) is 14.0 Å². The minimum absolute atomic E-state index is 0.0151. The van der Waals surface area contributed by atoms with E-state index in [1.807, 2.05) is 17.9 Å². The molecule has 0 saturated carbocycles. The predicted octanol–water partition coefficient (Wildman–Crippen LogP) is 2.30. The minimum atomic E-state index is -0.603. The fraction of sp³-hybridized carbons (Fsp3) is 0.500. The summed E-state index contributed by atoms with van der Waals surface area (Å²) in [6, 6.07) is 3.29. The van der Waals surface area contributed by atoms with E-state index in [-0.39, 0.29) is 23.3 Å². The van der Waals surface area contributed by atoms with Crippen LogP contribution < -0.4 is 0 Å². The van der Waals surface area contributed by atoms with E-state index in [1.54, 1.807) is 9.58 Å². The molecule has 2 aromatic rings. The van der Waals surface area contributed by atoms with Gasteiger partial charge in [0.15, 0.2) is 5.82 Å². The molecule has 148 valence electrons. The second-order valence-corrected chi connectivity index (χ2v) is 7.36. The average molecular weight is 385 g/mol. The van der Waals surface area contributed by atoms with E-state index >= 15 is 0 Å². The Morgan fingerprint density at radius 3 is 2.93 bits per heavy atom. The third-order valence-electron chi connectivity index (χ3n) is 5.61. The Morgan fingerprint density at radius 1 is 1.29 bits per heavy atom. The maximum absolute atomic E-state index is 14.0. The molecule has 2 aliphatic rings. The molecule has 0 N–H and O–H groups in total. The van der Waals surface area contributed by atoms with E-state index in [0.717, 1.165) is 44.2 Å². The highest BCUT2D eigenvalue weighted by Crippen LogP contribution is 2.28. The summed E-state index contributed by atoms with van der Waals surface area (Å²) in [7, 11) is 0. The first-order chi connectivity index (χ1) is 13.6. The summed E-state index contributed by atoms with van der Waals surface area (Å²) in [5, 5.41) is 4.68. The van der Waals surface area contributed by atoms with Crippen LogP contribution in [0.1, 0.15) is 58.6 Å². The molecule has 0 aliphatic carbocycles. The van der Waals surface area contributed by atoms with Crippen molar-refractivity contribution < 1.29 is 14.0 Å². The highest BCUT2D eigenvalue weighted by molar-refractivity contribution is 5.94. The number of carbonyl (C=O) groups excluding carboxylic acids is 2. The van der Waals surface area contributed by atoms with E-state index in [1.165, 1.54) is 12.3 Å². The van der Waals surface area contributed by atoms with Crippen LogP contribution in [0.15, 0.2) is 24.5 Å². The number of aromatic nitrogens is 3. The van der Waals surface area contributed by atoms with Crippen molar-refractivity contribution in [3.8, 4) is 0 Å². The van der Waals surface area contributed by atoms with E-state index in [4.69, 9.17) is 0 Å². The molecule has 7 nitrogen and oxygen atoms in total. The number of aryl methyl sites for hydroxylation is 1. The fourth-order valence-corrected chi connectivity index (χ4v) is 4.08. The van der Waals surface area contributed by atoms with Crippen LogP contribution in [-0.4, -0.2) is 62.6 Å². The summed E-state index contributed by atoms with van der Waals surface area (Å²) >= 11 is 0. The van der Waals surface area contributed by atoms with Crippen LogP contribution in [-0.2, 0) is 6.54 Å². The number of carbonyl (C=O) groups is 2. The van der Waals surface area contributed by atoms with Crippen LogP contribution in [0.4, 0.5) is 4.39 Å². The molecular formula is C20H24FN5O2. The van der Waals surface area contributed by atoms with Crippen molar-refractivity contribution in [2.75, 3.05) is 26.2 Å². The largest absolute Gasteiger partial charge is 0.338 e. The third-order valence-corrected chi connectivity index (χ3v) is 5.61. The Morgan fingerprint density at radius 2 is 2.14 bits per heavy atom. The molecule has 1 saturated heterocycles. The van der Waals surface area contributed by atoms with Crippen molar-refractivity contribution in [1.29, 1.82) is 0 Å². The summed E-state index contributed by atoms with van der Waals surface area (Å²) in [6.07, 6.45) is 5.08. The van der Waals surface area contributed by atoms with Gasteiger partial charge < -0.3 is 9.80 Å². The number of likely N-dealkylation sites (tertiary alicyclic amines) is 1. The molecule has 1 atom stereocenters. The SMILES string of the molecule is CCN1CCCn2nc(C3CCCN(C(=O)c4ccncc4F)C3)cc2C1=O. The van der Waals surface area contributed by atoms with Crippen molar-refractivity contribution >= 4 is 11.8 Å². The molecule has 4 rings (SSSR count). The number of nitrogens with zero attached hydrogens (tertiary/aromatic N) is 5. The van der Waals surface area contributed by atoms with Crippen molar-refractivity contribution in [3.05, 3.63) is 47.3 Å². The van der Waals surface area contributed by atoms with E-state index < -0.39 is 5.82 Å². The van der Waals surface area contributed by atoms with Gasteiger partial charge in [-0.25, -0.2) is 4.39 Å². The number of amides is 2. The summed E-state index contributed by atoms with van der Waals surface area (Å²) in [5.41, 5.74) is 1.51. The Bertz CT molecular complexity index is 896. The van der Waals surface area contributed by atoms with Crippen LogP contribution >= 0.6 is 0 Å². The lowest BCUT2D eigenvalue weighted by Gasteiger charge is -2.32. The molecule has 28 heavy (non-hydrogen) atoms. The molecular weight excluding hydrogens is 361 g/mol. The standard InChI is InChI=1S/C20H24FN5O2/c1-2-24-9-4-10-26-18(20(24)28)11-17(23-26)14-5-3-8-25(13-14)19(27)15-6-7-22-12-16(15)21/h6-7,11-12,14H,2-5,8-10,13H2,1H3. The molecule has 1 fully saturated rings. The van der Waals surface area contributed by atoms with Crippen LogP contribution in [0, 0.1) is 5.82 Å². The third kappa shape index (κ3) is 3.39. The van der Waals surface area contributed by atoms with Gasteiger partial charge >= 0.3 is 0 Å². The number of piperidine rings is 1. The van der Waals surface area contributed by atoms with Gasteiger partial charge in [0.25, 0.3) is 11.8 Å². The zero-order chi connectivity index (χ0) is 19.7. The number of fused-ring (bicyclic) bond motifs is 1. The molecule has 2 aromatic heterocycles. The van der Waals surface area contributed by atoms with Crippen LogP contribution in [0.3, 0.4) is 0 Å². The first-order valence-corrected chi connectivity index (χ1v) is 9.84. The normalized spacial score (nSPS) is 20.1. The van der Waals surface area contributed by atoms with Gasteiger partial charge in [0, 0.05) is 44.8 Å². The van der Waals surface area contributed by atoms with Gasteiger partial charge in [-0.2, -0.15) is 5.10 Å². The monoisotopic (exact) mass is 385 g/mol. The summed E-state index contributed by atoms with van der Waals surface area (Å²) < 4.78 is 15.8. The zero-order valence-corrected chi connectivity index (χ0v) is 16.0. The van der Waals surface area contributed by atoms with Crippen molar-refractivity contribution in [1.82, 2.24) is 24.6 Å². The Hall–Kier alpha value is -2.77. The van der Waals surface area contributed by atoms with Gasteiger partial charge in [-0.1, -0.05) is 0 Å². The number of hydrogen-bond donors (Lipinski definition) is 0. The maximum atomic E-state index is 14.0. The van der Waals surface area contributed by atoms with E-state index in [2.05, 4.69) is 10.1 Å². The molecule has 1 unspecified atom stereocenters. The van der Waals surface area contributed by atoms with Gasteiger partial charge in [-0.15, -0.1) is 0 Å². The van der Waals surface area contributed by atoms with Crippen LogP contribution in [0.25, 0.3) is 0 Å². The summed E-state index contributed by atoms with van der Waals surface area (Å²) in [4.78, 5) is 32.7. The second kappa shape index (κ2) is 7.69. The van der Waals surface area contributed by atoms with Crippen LogP contribution in [0.5, 0.6) is 0 Å². The van der Waals surface area contributed by atoms with Gasteiger partial charge in [-0.3, -0.25) is 19.3 Å². The van der Waals surface area contributed by atoms with Crippen molar-refractivity contribution in [3.63, 3.8) is 0 Å². The molecule has 8 heteroatoms. The lowest BCUT2D eigenvalue weighted by atomic mass is 9.94. The topological polar surface area (TPSA) is 71.3 Å². The maximum Gasteiger partial charge on any atom is 0.272 e. The molecule has 0 radical (unpaired) electrons. The highest BCUT2D eigenvalue weighted by Gasteiger charge is 2.31. The molecule has 0 bridgehead atoms. The summed E-state index contributed by atoms with van der Waals surface area (Å²) in [5.74, 6) is -0.863. The molecule has 0 spiro atoms. The first-order valence-electron chi connectivity index (χ1n) is 9.84. The van der Waals surface area contributed by atoms with Gasteiger partial charge in [0.1, 0.15) is 5.69 Å². The lowest BCUT2D eigenvalue weighted by molar-refractivity contribution is 0.0699. The zero-order valence-electron chi connectivity index (χ0n) is 16.0. The number of rotatable bonds is 3. The average Bonchev–Trinajstić information content (AvgIpc) is 3.09. The molecule has 4 heterocycles. The molecule has 2 aliphatic heterocycles. The lowest BCUT2D eigenvalue weighted by Crippen LogP contribution is -2.39. The molecule has 2 amide bonds. The first kappa shape index (κ1) is 18.6. The Balaban J connectivity index is 1.54. The number of pyridine rings is 1. The Labute approximate surface area is 163 Å². The fourth-order valence-electron chi connectivity index (χ4n) is 4.08. The van der Waals surface area contributed by atoms with Gasteiger partial charge in [0.05, 0.1) is 17.5 Å². The quantitative estimate of drug-likeness (QED) is 0.813. The Kier molecular flexibility index (Phi) is 5.11. The van der Waals surface area contributed by atoms with Crippen molar-refractivity contribution in [2.45, 2.75) is 38.6 Å². The summed E-state index contributed by atoms with van der Waals surface area (Å²) in [6.45, 7) is 5.19.